The molecule has 2 rings (SSSR count). The summed E-state index contributed by atoms with van der Waals surface area (Å²) in [5, 5.41) is 0. The average molecular weight is 160 g/mol. The van der Waals surface area contributed by atoms with Gasteiger partial charge in [-0.1, -0.05) is 0 Å². The maximum absolute atomic E-state index is 4.12. The largest absolute Gasteiger partial charge is 0.331 e. The van der Waals surface area contributed by atoms with Crippen LogP contribution >= 0.6 is 0 Å². The predicted molar refractivity (Wildman–Crippen MR) is 44.2 cm³/mol. The quantitative estimate of drug-likeness (QED) is 0.622. The molecule has 0 aliphatic heterocycles. The highest BCUT2D eigenvalue weighted by molar-refractivity contribution is 5.42. The Balaban J connectivity index is 2.51. The van der Waals surface area contributed by atoms with Crippen molar-refractivity contribution < 1.29 is 0 Å². The molecule has 0 aliphatic rings. The lowest BCUT2D eigenvalue weighted by molar-refractivity contribution is 0.906. The van der Waals surface area contributed by atoms with Crippen LogP contribution in [0.5, 0.6) is 0 Å². The number of aryl methyl sites for hydroxylation is 1. The van der Waals surface area contributed by atoms with E-state index in [1.807, 2.05) is 17.8 Å². The Hall–Kier alpha value is -1.71. The minimum atomic E-state index is 0.657. The van der Waals surface area contributed by atoms with Crippen LogP contribution < -0.4 is 0 Å². The third-order valence-electron chi connectivity index (χ3n) is 1.59. The topological polar surface area (TPSA) is 43.6 Å². The van der Waals surface area contributed by atoms with Gasteiger partial charge >= 0.3 is 0 Å². The standard InChI is InChI=1S/C8H8N4/c1-12-6-5-11-8(12)7-9-3-2-4-10-7/h2-6H,1H3. The van der Waals surface area contributed by atoms with Crippen LogP contribution in [-0.4, -0.2) is 19.5 Å². The van der Waals surface area contributed by atoms with E-state index in [-0.39, 0.29) is 0 Å². The first-order chi connectivity index (χ1) is 5.88. The Morgan fingerprint density at radius 2 is 1.83 bits per heavy atom. The maximum Gasteiger partial charge on any atom is 0.195 e. The van der Waals surface area contributed by atoms with Crippen LogP contribution in [-0.2, 0) is 7.05 Å². The summed E-state index contributed by atoms with van der Waals surface area (Å²) in [5.74, 6) is 1.45. The molecule has 0 aliphatic carbocycles. The van der Waals surface area contributed by atoms with Crippen LogP contribution in [0, 0.1) is 0 Å². The smallest absolute Gasteiger partial charge is 0.195 e. The van der Waals surface area contributed by atoms with Gasteiger partial charge in [0.2, 0.25) is 0 Å². The fourth-order valence-corrected chi connectivity index (χ4v) is 0.996. The van der Waals surface area contributed by atoms with Crippen molar-refractivity contribution in [1.82, 2.24) is 19.5 Å². The molecule has 2 aromatic rings. The molecule has 0 N–H and O–H groups in total. The van der Waals surface area contributed by atoms with Crippen LogP contribution in [0.25, 0.3) is 11.6 Å². The zero-order chi connectivity index (χ0) is 8.39. The minimum Gasteiger partial charge on any atom is -0.331 e. The molecule has 0 fully saturated rings. The molecule has 0 atom stereocenters. The molecule has 4 nitrogen and oxygen atoms in total. The third kappa shape index (κ3) is 1.07. The highest BCUT2D eigenvalue weighted by Crippen LogP contribution is 2.08. The van der Waals surface area contributed by atoms with Gasteiger partial charge in [0, 0.05) is 31.8 Å². The minimum absolute atomic E-state index is 0.657. The first kappa shape index (κ1) is 6.97. The number of hydrogen-bond donors (Lipinski definition) is 0. The van der Waals surface area contributed by atoms with Gasteiger partial charge in [-0.25, -0.2) is 15.0 Å². The summed E-state index contributed by atoms with van der Waals surface area (Å²) in [5.41, 5.74) is 0. The van der Waals surface area contributed by atoms with E-state index >= 15 is 0 Å². The van der Waals surface area contributed by atoms with Crippen LogP contribution in [0.15, 0.2) is 30.9 Å². The third-order valence-corrected chi connectivity index (χ3v) is 1.59. The molecule has 0 saturated heterocycles. The van der Waals surface area contributed by atoms with Crippen molar-refractivity contribution in [3.8, 4) is 11.6 Å². The van der Waals surface area contributed by atoms with Crippen molar-refractivity contribution >= 4 is 0 Å². The summed E-state index contributed by atoms with van der Waals surface area (Å²) in [6.45, 7) is 0. The van der Waals surface area contributed by atoms with Crippen LogP contribution in [0.4, 0.5) is 0 Å². The van der Waals surface area contributed by atoms with Gasteiger partial charge in [-0.2, -0.15) is 0 Å². The van der Waals surface area contributed by atoms with E-state index in [4.69, 9.17) is 0 Å². The molecule has 0 amide bonds. The van der Waals surface area contributed by atoms with Gasteiger partial charge in [0.15, 0.2) is 11.6 Å². The van der Waals surface area contributed by atoms with Gasteiger partial charge in [-0.05, 0) is 6.07 Å². The Morgan fingerprint density at radius 1 is 1.08 bits per heavy atom. The summed E-state index contributed by atoms with van der Waals surface area (Å²) in [6.07, 6.45) is 7.01. The molecule has 0 spiro atoms. The molecule has 2 aromatic heterocycles. The van der Waals surface area contributed by atoms with Crippen molar-refractivity contribution in [2.75, 3.05) is 0 Å². The van der Waals surface area contributed by atoms with Crippen LogP contribution in [0.1, 0.15) is 0 Å². The molecule has 2 heterocycles. The lowest BCUT2D eigenvalue weighted by atomic mass is 10.5. The molecule has 0 aromatic carbocycles. The number of rotatable bonds is 1. The fourth-order valence-electron chi connectivity index (χ4n) is 0.996. The molecule has 0 unspecified atom stereocenters. The Bertz CT molecular complexity index is 366. The van der Waals surface area contributed by atoms with Crippen molar-refractivity contribution in [1.29, 1.82) is 0 Å². The van der Waals surface area contributed by atoms with Gasteiger partial charge in [0.25, 0.3) is 0 Å². The second-order valence-electron chi connectivity index (χ2n) is 2.43. The summed E-state index contributed by atoms with van der Waals surface area (Å²) in [4.78, 5) is 12.3. The lowest BCUT2D eigenvalue weighted by Crippen LogP contribution is -1.95. The molecule has 0 radical (unpaired) electrons. The average Bonchev–Trinajstić information content (AvgIpc) is 2.53. The molecular weight excluding hydrogens is 152 g/mol. The van der Waals surface area contributed by atoms with E-state index in [0.717, 1.165) is 5.82 Å². The monoisotopic (exact) mass is 160 g/mol. The lowest BCUT2D eigenvalue weighted by Gasteiger charge is -1.97. The molecule has 12 heavy (non-hydrogen) atoms. The van der Waals surface area contributed by atoms with E-state index in [1.54, 1.807) is 24.7 Å². The normalized spacial score (nSPS) is 10.1. The summed E-state index contributed by atoms with van der Waals surface area (Å²) in [7, 11) is 1.92. The Kier molecular flexibility index (Phi) is 1.59. The zero-order valence-electron chi connectivity index (χ0n) is 6.68. The first-order valence-corrected chi connectivity index (χ1v) is 3.62. The predicted octanol–water partition coefficient (Wildman–Crippen LogP) is 0.877. The van der Waals surface area contributed by atoms with E-state index < -0.39 is 0 Å². The number of imidazole rings is 1. The fraction of sp³-hybridized carbons (Fsp3) is 0.125. The van der Waals surface area contributed by atoms with Crippen LogP contribution in [0.3, 0.4) is 0 Å². The molecule has 0 bridgehead atoms. The van der Waals surface area contributed by atoms with E-state index in [0.29, 0.717) is 5.82 Å². The maximum atomic E-state index is 4.12. The van der Waals surface area contributed by atoms with E-state index in [1.165, 1.54) is 0 Å². The number of aromatic nitrogens is 4. The highest BCUT2D eigenvalue weighted by Gasteiger charge is 2.03. The van der Waals surface area contributed by atoms with Crippen molar-refractivity contribution in [2.45, 2.75) is 0 Å². The molecular formula is C8H8N4. The molecule has 0 saturated carbocycles. The van der Waals surface area contributed by atoms with Crippen molar-refractivity contribution in [2.24, 2.45) is 7.05 Å². The second kappa shape index (κ2) is 2.73. The van der Waals surface area contributed by atoms with Gasteiger partial charge in [-0.15, -0.1) is 0 Å². The SMILES string of the molecule is Cn1ccnc1-c1ncccn1. The van der Waals surface area contributed by atoms with Crippen LogP contribution in [0.2, 0.25) is 0 Å². The van der Waals surface area contributed by atoms with Gasteiger partial charge < -0.3 is 4.57 Å². The summed E-state index contributed by atoms with van der Waals surface area (Å²) < 4.78 is 1.88. The summed E-state index contributed by atoms with van der Waals surface area (Å²) >= 11 is 0. The highest BCUT2D eigenvalue weighted by atomic mass is 15.1. The zero-order valence-corrected chi connectivity index (χ0v) is 6.68. The second-order valence-corrected chi connectivity index (χ2v) is 2.43. The number of nitrogens with zero attached hydrogens (tertiary/aromatic N) is 4. The summed E-state index contributed by atoms with van der Waals surface area (Å²) in [6, 6.07) is 1.78. The van der Waals surface area contributed by atoms with E-state index in [9.17, 15) is 0 Å². The van der Waals surface area contributed by atoms with Gasteiger partial charge in [0.1, 0.15) is 0 Å². The van der Waals surface area contributed by atoms with Gasteiger partial charge in [0.05, 0.1) is 0 Å². The van der Waals surface area contributed by atoms with Gasteiger partial charge in [-0.3, -0.25) is 0 Å². The Labute approximate surface area is 69.9 Å². The number of hydrogen-bond acceptors (Lipinski definition) is 3. The molecule has 60 valence electrons. The molecule has 4 heteroatoms. The van der Waals surface area contributed by atoms with Crippen molar-refractivity contribution in [3.05, 3.63) is 30.9 Å². The van der Waals surface area contributed by atoms with E-state index in [2.05, 4.69) is 15.0 Å². The van der Waals surface area contributed by atoms with Crippen molar-refractivity contribution in [3.63, 3.8) is 0 Å². The first-order valence-electron chi connectivity index (χ1n) is 3.62. The Morgan fingerprint density at radius 3 is 2.42 bits per heavy atom.